The maximum Gasteiger partial charge on any atom is 0.248 e. The van der Waals surface area contributed by atoms with Crippen LogP contribution in [0.1, 0.15) is 5.56 Å². The number of hydrogen-bond donors (Lipinski definition) is 4. The zero-order valence-electron chi connectivity index (χ0n) is 9.31. The first kappa shape index (κ1) is 10.9. The predicted octanol–water partition coefficient (Wildman–Crippen LogP) is 0.783. The summed E-state index contributed by atoms with van der Waals surface area (Å²) in [5.74, 6) is 0.425. The van der Waals surface area contributed by atoms with Gasteiger partial charge in [-0.15, -0.1) is 0 Å². The Bertz CT molecular complexity index is 506. The minimum atomic E-state index is 0.0750. The SMILES string of the molecule is Cc1cccc(NNc2nc(N)nc(N)n2)c1. The number of hydrogen-bond acceptors (Lipinski definition) is 7. The monoisotopic (exact) mass is 231 g/mol. The molecule has 1 aromatic heterocycles. The van der Waals surface area contributed by atoms with Crippen molar-refractivity contribution in [3.8, 4) is 0 Å². The van der Waals surface area contributed by atoms with E-state index in [1.165, 1.54) is 0 Å². The molecule has 0 unspecified atom stereocenters. The molecule has 7 nitrogen and oxygen atoms in total. The molecular formula is C10H13N7. The molecule has 1 heterocycles. The van der Waals surface area contributed by atoms with E-state index in [0.717, 1.165) is 11.3 Å². The third-order valence-electron chi connectivity index (χ3n) is 2.01. The van der Waals surface area contributed by atoms with Crippen LogP contribution in [0.5, 0.6) is 0 Å². The lowest BCUT2D eigenvalue weighted by molar-refractivity contribution is 1.07. The van der Waals surface area contributed by atoms with Crippen molar-refractivity contribution in [1.82, 2.24) is 15.0 Å². The van der Waals surface area contributed by atoms with E-state index in [1.54, 1.807) is 0 Å². The number of hydrazine groups is 1. The van der Waals surface area contributed by atoms with Gasteiger partial charge in [0.2, 0.25) is 17.8 Å². The first-order valence-corrected chi connectivity index (χ1v) is 4.99. The predicted molar refractivity (Wildman–Crippen MR) is 67.1 cm³/mol. The lowest BCUT2D eigenvalue weighted by atomic mass is 10.2. The number of aryl methyl sites for hydroxylation is 1. The molecule has 7 heteroatoms. The first-order chi connectivity index (χ1) is 8.13. The van der Waals surface area contributed by atoms with Crippen molar-refractivity contribution in [2.24, 2.45) is 0 Å². The fourth-order valence-electron chi connectivity index (χ4n) is 1.32. The lowest BCUT2D eigenvalue weighted by Gasteiger charge is -2.09. The summed E-state index contributed by atoms with van der Waals surface area (Å²) >= 11 is 0. The second-order valence-corrected chi connectivity index (χ2v) is 3.49. The summed E-state index contributed by atoms with van der Waals surface area (Å²) < 4.78 is 0. The van der Waals surface area contributed by atoms with Gasteiger partial charge in [0.05, 0.1) is 5.69 Å². The fraction of sp³-hybridized carbons (Fsp3) is 0.100. The molecule has 0 radical (unpaired) electrons. The molecule has 88 valence electrons. The van der Waals surface area contributed by atoms with Crippen molar-refractivity contribution in [1.29, 1.82) is 0 Å². The summed E-state index contributed by atoms with van der Waals surface area (Å²) in [5, 5.41) is 0. The van der Waals surface area contributed by atoms with Crippen LogP contribution >= 0.6 is 0 Å². The summed E-state index contributed by atoms with van der Waals surface area (Å²) in [5.41, 5.74) is 18.7. The summed E-state index contributed by atoms with van der Waals surface area (Å²) in [7, 11) is 0. The molecule has 0 fully saturated rings. The Morgan fingerprint density at radius 2 is 1.71 bits per heavy atom. The molecule has 17 heavy (non-hydrogen) atoms. The highest BCUT2D eigenvalue weighted by Crippen LogP contribution is 2.10. The number of rotatable bonds is 3. The van der Waals surface area contributed by atoms with Crippen LogP contribution in [-0.2, 0) is 0 Å². The Kier molecular flexibility index (Phi) is 2.91. The molecule has 2 aromatic rings. The highest BCUT2D eigenvalue weighted by atomic mass is 15.4. The van der Waals surface area contributed by atoms with Crippen LogP contribution in [-0.4, -0.2) is 15.0 Å². The molecule has 0 saturated carbocycles. The molecule has 6 N–H and O–H groups in total. The average Bonchev–Trinajstić information content (AvgIpc) is 2.25. The van der Waals surface area contributed by atoms with E-state index >= 15 is 0 Å². The van der Waals surface area contributed by atoms with Crippen LogP contribution in [0.25, 0.3) is 0 Å². The molecule has 0 amide bonds. The third-order valence-corrected chi connectivity index (χ3v) is 2.01. The van der Waals surface area contributed by atoms with Gasteiger partial charge in [0.1, 0.15) is 0 Å². The van der Waals surface area contributed by atoms with Crippen molar-refractivity contribution in [3.63, 3.8) is 0 Å². The molecule has 0 aliphatic rings. The van der Waals surface area contributed by atoms with E-state index in [0.29, 0.717) is 0 Å². The van der Waals surface area contributed by atoms with Gasteiger partial charge >= 0.3 is 0 Å². The summed E-state index contributed by atoms with van der Waals surface area (Å²) in [6.45, 7) is 2.00. The van der Waals surface area contributed by atoms with Crippen LogP contribution < -0.4 is 22.3 Å². The molecule has 0 aliphatic heterocycles. The number of anilines is 4. The number of nitrogens with zero attached hydrogens (tertiary/aromatic N) is 3. The summed E-state index contributed by atoms with van der Waals surface area (Å²) in [6.07, 6.45) is 0. The Balaban J connectivity index is 2.07. The van der Waals surface area contributed by atoms with E-state index in [1.807, 2.05) is 31.2 Å². The Hall–Kier alpha value is -2.57. The Morgan fingerprint density at radius 3 is 2.35 bits per heavy atom. The summed E-state index contributed by atoms with van der Waals surface area (Å²) in [4.78, 5) is 11.4. The highest BCUT2D eigenvalue weighted by molar-refractivity contribution is 5.50. The normalized spacial score (nSPS) is 9.94. The quantitative estimate of drug-likeness (QED) is 0.577. The van der Waals surface area contributed by atoms with Gasteiger partial charge in [0.15, 0.2) is 0 Å². The topological polar surface area (TPSA) is 115 Å². The van der Waals surface area contributed by atoms with Crippen molar-refractivity contribution in [3.05, 3.63) is 29.8 Å². The van der Waals surface area contributed by atoms with Gasteiger partial charge in [-0.25, -0.2) is 0 Å². The van der Waals surface area contributed by atoms with Gasteiger partial charge in [-0.1, -0.05) is 12.1 Å². The largest absolute Gasteiger partial charge is 0.368 e. The lowest BCUT2D eigenvalue weighted by Crippen LogP contribution is -2.14. The van der Waals surface area contributed by atoms with Crippen molar-refractivity contribution in [2.45, 2.75) is 6.92 Å². The van der Waals surface area contributed by atoms with Crippen LogP contribution in [0.15, 0.2) is 24.3 Å². The van der Waals surface area contributed by atoms with E-state index in [9.17, 15) is 0 Å². The number of nitrogens with two attached hydrogens (primary N) is 2. The van der Waals surface area contributed by atoms with Gasteiger partial charge in [0.25, 0.3) is 0 Å². The van der Waals surface area contributed by atoms with Crippen molar-refractivity contribution in [2.75, 3.05) is 22.3 Å². The zero-order chi connectivity index (χ0) is 12.3. The van der Waals surface area contributed by atoms with E-state index in [4.69, 9.17) is 11.5 Å². The Labute approximate surface area is 98.3 Å². The van der Waals surface area contributed by atoms with E-state index < -0.39 is 0 Å². The second-order valence-electron chi connectivity index (χ2n) is 3.49. The number of nitrogens with one attached hydrogen (secondary N) is 2. The average molecular weight is 231 g/mol. The van der Waals surface area contributed by atoms with Gasteiger partial charge in [-0.3, -0.25) is 10.9 Å². The third kappa shape index (κ3) is 2.94. The first-order valence-electron chi connectivity index (χ1n) is 4.99. The number of aromatic nitrogens is 3. The minimum absolute atomic E-state index is 0.0750. The summed E-state index contributed by atoms with van der Waals surface area (Å²) in [6, 6.07) is 7.83. The molecule has 0 atom stereocenters. The van der Waals surface area contributed by atoms with Crippen molar-refractivity contribution >= 4 is 23.5 Å². The van der Waals surface area contributed by atoms with Crippen LogP contribution in [0, 0.1) is 6.92 Å². The van der Waals surface area contributed by atoms with Crippen LogP contribution in [0.3, 0.4) is 0 Å². The second kappa shape index (κ2) is 4.52. The smallest absolute Gasteiger partial charge is 0.248 e. The van der Waals surface area contributed by atoms with Gasteiger partial charge in [-0.2, -0.15) is 15.0 Å². The molecule has 0 saturated heterocycles. The van der Waals surface area contributed by atoms with Gasteiger partial charge < -0.3 is 11.5 Å². The standard InChI is InChI=1S/C10H13N7/c1-6-3-2-4-7(5-6)16-17-10-14-8(11)13-9(12)15-10/h2-5,16H,1H3,(H5,11,12,13,14,15,17). The van der Waals surface area contributed by atoms with E-state index in [2.05, 4.69) is 25.8 Å². The van der Waals surface area contributed by atoms with Gasteiger partial charge in [-0.05, 0) is 24.6 Å². The fourth-order valence-corrected chi connectivity index (χ4v) is 1.32. The Morgan fingerprint density at radius 1 is 1.00 bits per heavy atom. The molecule has 0 aliphatic carbocycles. The van der Waals surface area contributed by atoms with Crippen LogP contribution in [0.2, 0.25) is 0 Å². The minimum Gasteiger partial charge on any atom is -0.368 e. The number of benzene rings is 1. The van der Waals surface area contributed by atoms with Crippen molar-refractivity contribution < 1.29 is 0 Å². The van der Waals surface area contributed by atoms with Gasteiger partial charge in [0, 0.05) is 0 Å². The van der Waals surface area contributed by atoms with Crippen LogP contribution in [0.4, 0.5) is 23.5 Å². The highest BCUT2D eigenvalue weighted by Gasteiger charge is 2.00. The number of nitrogen functional groups attached to an aromatic ring is 2. The molecule has 1 aromatic carbocycles. The van der Waals surface area contributed by atoms with E-state index in [-0.39, 0.29) is 17.8 Å². The molecule has 0 bridgehead atoms. The molecule has 2 rings (SSSR count). The molecule has 0 spiro atoms. The molecular weight excluding hydrogens is 218 g/mol. The maximum absolute atomic E-state index is 5.44. The zero-order valence-corrected chi connectivity index (χ0v) is 9.31. The maximum atomic E-state index is 5.44.